The SMILES string of the molecule is Brc1ccc2c(c1-c1c(Br)ccc3c1OCCN3Cc1ccccc1)OCCN2Cc1ccccc1. The average Bonchev–Trinajstić information content (AvgIpc) is 2.91. The highest BCUT2D eigenvalue weighted by atomic mass is 79.9. The van der Waals surface area contributed by atoms with E-state index in [0.717, 1.165) is 69.1 Å². The molecular weight excluding hydrogens is 580 g/mol. The molecule has 0 N–H and O–H groups in total. The molecule has 0 bridgehead atoms. The van der Waals surface area contributed by atoms with Crippen molar-refractivity contribution < 1.29 is 9.47 Å². The predicted octanol–water partition coefficient (Wildman–Crippen LogP) is 7.68. The van der Waals surface area contributed by atoms with Crippen LogP contribution >= 0.6 is 31.9 Å². The van der Waals surface area contributed by atoms with Crippen molar-refractivity contribution in [2.75, 3.05) is 36.1 Å². The quantitative estimate of drug-likeness (QED) is 0.233. The second-order valence-electron chi connectivity index (χ2n) is 9.05. The van der Waals surface area contributed by atoms with Gasteiger partial charge in [-0.25, -0.2) is 0 Å². The summed E-state index contributed by atoms with van der Waals surface area (Å²) in [6.07, 6.45) is 0. The van der Waals surface area contributed by atoms with Crippen molar-refractivity contribution in [3.63, 3.8) is 0 Å². The molecule has 4 aromatic rings. The predicted molar refractivity (Wildman–Crippen MR) is 153 cm³/mol. The maximum Gasteiger partial charge on any atom is 0.151 e. The summed E-state index contributed by atoms with van der Waals surface area (Å²) in [6, 6.07) is 29.7. The van der Waals surface area contributed by atoms with Gasteiger partial charge in [-0.3, -0.25) is 0 Å². The highest BCUT2D eigenvalue weighted by molar-refractivity contribution is 9.11. The van der Waals surface area contributed by atoms with Crippen molar-refractivity contribution in [1.82, 2.24) is 0 Å². The Labute approximate surface area is 228 Å². The van der Waals surface area contributed by atoms with Crippen LogP contribution in [0.2, 0.25) is 0 Å². The molecule has 0 saturated heterocycles. The highest BCUT2D eigenvalue weighted by Gasteiger charge is 2.30. The Morgan fingerprint density at radius 1 is 0.556 bits per heavy atom. The van der Waals surface area contributed by atoms with Crippen LogP contribution in [0.3, 0.4) is 0 Å². The zero-order valence-corrected chi connectivity index (χ0v) is 23.0. The van der Waals surface area contributed by atoms with Gasteiger partial charge in [-0.15, -0.1) is 0 Å². The summed E-state index contributed by atoms with van der Waals surface area (Å²) in [6.45, 7) is 4.64. The van der Waals surface area contributed by atoms with E-state index in [-0.39, 0.29) is 0 Å². The topological polar surface area (TPSA) is 24.9 Å². The summed E-state index contributed by atoms with van der Waals surface area (Å²) in [5, 5.41) is 0. The third kappa shape index (κ3) is 4.48. The molecule has 2 aliphatic rings. The lowest BCUT2D eigenvalue weighted by atomic mass is 9.99. The summed E-state index contributed by atoms with van der Waals surface area (Å²) in [5.74, 6) is 1.79. The molecule has 6 rings (SSSR count). The number of rotatable bonds is 5. The molecule has 0 spiro atoms. The zero-order valence-electron chi connectivity index (χ0n) is 19.8. The van der Waals surface area contributed by atoms with Gasteiger partial charge in [-0.2, -0.15) is 0 Å². The fraction of sp³-hybridized carbons (Fsp3) is 0.200. The fourth-order valence-electron chi connectivity index (χ4n) is 5.04. The molecule has 0 aliphatic carbocycles. The van der Waals surface area contributed by atoms with E-state index in [0.29, 0.717) is 13.2 Å². The van der Waals surface area contributed by atoms with E-state index in [1.807, 2.05) is 0 Å². The van der Waals surface area contributed by atoms with Crippen molar-refractivity contribution in [2.24, 2.45) is 0 Å². The van der Waals surface area contributed by atoms with Crippen LogP contribution in [-0.2, 0) is 13.1 Å². The Bertz CT molecular complexity index is 1270. The zero-order chi connectivity index (χ0) is 24.5. The number of fused-ring (bicyclic) bond motifs is 2. The average molecular weight is 606 g/mol. The van der Waals surface area contributed by atoms with Gasteiger partial charge >= 0.3 is 0 Å². The number of anilines is 2. The van der Waals surface area contributed by atoms with Crippen LogP contribution in [0.15, 0.2) is 93.9 Å². The van der Waals surface area contributed by atoms with E-state index in [2.05, 4.69) is 127 Å². The Kier molecular flexibility index (Phi) is 6.63. The molecule has 4 aromatic carbocycles. The van der Waals surface area contributed by atoms with Crippen LogP contribution in [-0.4, -0.2) is 26.3 Å². The Morgan fingerprint density at radius 3 is 1.39 bits per heavy atom. The standard InChI is InChI=1S/C30H26Br2N2O2/c31-23-11-13-25-29(35-17-15-33(25)19-21-7-3-1-4-8-21)27(23)28-24(32)12-14-26-30(28)36-18-16-34(26)20-22-9-5-2-6-10-22/h1-14H,15-20H2. The maximum atomic E-state index is 6.36. The van der Waals surface area contributed by atoms with Gasteiger partial charge < -0.3 is 19.3 Å². The van der Waals surface area contributed by atoms with Crippen LogP contribution in [0.25, 0.3) is 11.1 Å². The van der Waals surface area contributed by atoms with Gasteiger partial charge in [0.2, 0.25) is 0 Å². The largest absolute Gasteiger partial charge is 0.489 e. The van der Waals surface area contributed by atoms with Crippen molar-refractivity contribution in [2.45, 2.75) is 13.1 Å². The van der Waals surface area contributed by atoms with Crippen molar-refractivity contribution in [3.05, 3.63) is 105 Å². The molecule has 0 unspecified atom stereocenters. The van der Waals surface area contributed by atoms with Gasteiger partial charge in [-0.1, -0.05) is 92.5 Å². The molecule has 6 heteroatoms. The summed E-state index contributed by atoms with van der Waals surface area (Å²) in [4.78, 5) is 4.80. The molecule has 0 aromatic heterocycles. The third-order valence-electron chi connectivity index (χ3n) is 6.75. The molecule has 0 fully saturated rings. The van der Waals surface area contributed by atoms with E-state index in [1.165, 1.54) is 11.1 Å². The van der Waals surface area contributed by atoms with E-state index in [4.69, 9.17) is 9.47 Å². The van der Waals surface area contributed by atoms with Gasteiger partial charge in [-0.05, 0) is 35.4 Å². The second-order valence-corrected chi connectivity index (χ2v) is 10.8. The number of nitrogens with zero attached hydrogens (tertiary/aromatic N) is 2. The highest BCUT2D eigenvalue weighted by Crippen LogP contribution is 2.53. The molecule has 36 heavy (non-hydrogen) atoms. The number of hydrogen-bond donors (Lipinski definition) is 0. The van der Waals surface area contributed by atoms with Crippen molar-refractivity contribution in [3.8, 4) is 22.6 Å². The smallest absolute Gasteiger partial charge is 0.151 e. The number of halogens is 2. The monoisotopic (exact) mass is 604 g/mol. The van der Waals surface area contributed by atoms with Gasteiger partial charge in [0.15, 0.2) is 11.5 Å². The van der Waals surface area contributed by atoms with E-state index < -0.39 is 0 Å². The van der Waals surface area contributed by atoms with Crippen LogP contribution in [0.5, 0.6) is 11.5 Å². The van der Waals surface area contributed by atoms with Gasteiger partial charge in [0.05, 0.1) is 24.5 Å². The lowest BCUT2D eigenvalue weighted by Gasteiger charge is -2.35. The molecule has 0 amide bonds. The Morgan fingerprint density at radius 2 is 0.972 bits per heavy atom. The maximum absolute atomic E-state index is 6.36. The van der Waals surface area contributed by atoms with Crippen molar-refractivity contribution in [1.29, 1.82) is 0 Å². The van der Waals surface area contributed by atoms with E-state index in [1.54, 1.807) is 0 Å². The van der Waals surface area contributed by atoms with Crippen LogP contribution in [0.1, 0.15) is 11.1 Å². The summed E-state index contributed by atoms with van der Waals surface area (Å²) >= 11 is 7.68. The van der Waals surface area contributed by atoms with Crippen molar-refractivity contribution >= 4 is 43.2 Å². The number of benzene rings is 4. The third-order valence-corrected chi connectivity index (χ3v) is 8.07. The first-order valence-electron chi connectivity index (χ1n) is 12.2. The molecule has 0 atom stereocenters. The minimum atomic E-state index is 0.636. The molecular formula is C30H26Br2N2O2. The van der Waals surface area contributed by atoms with Gasteiger partial charge in [0.1, 0.15) is 13.2 Å². The Balaban J connectivity index is 1.43. The molecule has 4 nitrogen and oxygen atoms in total. The van der Waals surface area contributed by atoms with Gasteiger partial charge in [0, 0.05) is 33.2 Å². The van der Waals surface area contributed by atoms with Gasteiger partial charge in [0.25, 0.3) is 0 Å². The number of ether oxygens (including phenoxy) is 2. The van der Waals surface area contributed by atoms with Crippen LogP contribution < -0.4 is 19.3 Å². The fourth-order valence-corrected chi connectivity index (χ4v) is 6.07. The first-order valence-corrected chi connectivity index (χ1v) is 13.8. The molecule has 0 radical (unpaired) electrons. The summed E-state index contributed by atoms with van der Waals surface area (Å²) in [7, 11) is 0. The van der Waals surface area contributed by atoms with E-state index in [9.17, 15) is 0 Å². The summed E-state index contributed by atoms with van der Waals surface area (Å²) in [5.41, 5.74) is 6.82. The Hall–Kier alpha value is -2.96. The molecule has 0 saturated carbocycles. The first-order chi connectivity index (χ1) is 17.7. The normalized spacial score (nSPS) is 14.5. The second kappa shape index (κ2) is 10.2. The first kappa shape index (κ1) is 23.4. The summed E-state index contributed by atoms with van der Waals surface area (Å²) < 4.78 is 14.7. The molecule has 2 aliphatic heterocycles. The van der Waals surface area contributed by atoms with E-state index >= 15 is 0 Å². The molecule has 182 valence electrons. The lowest BCUT2D eigenvalue weighted by molar-refractivity contribution is 0.303. The van der Waals surface area contributed by atoms with Crippen LogP contribution in [0.4, 0.5) is 11.4 Å². The van der Waals surface area contributed by atoms with Crippen LogP contribution in [0, 0.1) is 0 Å². The minimum Gasteiger partial charge on any atom is -0.489 e. The lowest BCUT2D eigenvalue weighted by Crippen LogP contribution is -2.33. The number of hydrogen-bond acceptors (Lipinski definition) is 4. The molecule has 2 heterocycles. The minimum absolute atomic E-state index is 0.636.